The highest BCUT2D eigenvalue weighted by atomic mass is 16.1. The van der Waals surface area contributed by atoms with Crippen LogP contribution in [-0.2, 0) is 11.2 Å². The van der Waals surface area contributed by atoms with Gasteiger partial charge in [-0.15, -0.1) is 0 Å². The van der Waals surface area contributed by atoms with E-state index in [-0.39, 0.29) is 11.9 Å². The number of nitrogens with one attached hydrogen (secondary N) is 1. The van der Waals surface area contributed by atoms with Crippen molar-refractivity contribution in [2.45, 2.75) is 52.0 Å². The van der Waals surface area contributed by atoms with Gasteiger partial charge in [-0.05, 0) is 30.5 Å². The summed E-state index contributed by atoms with van der Waals surface area (Å²) in [7, 11) is 0. The Balaban J connectivity index is 2.44. The van der Waals surface area contributed by atoms with Crippen molar-refractivity contribution in [1.82, 2.24) is 0 Å². The highest BCUT2D eigenvalue weighted by Crippen LogP contribution is 2.11. The molecule has 0 fully saturated rings. The first-order valence-electron chi connectivity index (χ1n) is 6.80. The third-order valence-corrected chi connectivity index (χ3v) is 2.88. The Hall–Kier alpha value is -1.35. The molecule has 0 spiro atoms. The molecule has 18 heavy (non-hydrogen) atoms. The highest BCUT2D eigenvalue weighted by molar-refractivity contribution is 5.91. The van der Waals surface area contributed by atoms with Crippen molar-refractivity contribution in [3.05, 3.63) is 29.8 Å². The molecule has 3 nitrogen and oxygen atoms in total. The predicted molar refractivity (Wildman–Crippen MR) is 76.6 cm³/mol. The second kappa shape index (κ2) is 7.88. The number of rotatable bonds is 7. The van der Waals surface area contributed by atoms with Crippen molar-refractivity contribution in [3.8, 4) is 0 Å². The molecule has 1 aromatic rings. The molecule has 3 N–H and O–H groups in total. The van der Waals surface area contributed by atoms with Crippen LogP contribution < -0.4 is 11.1 Å². The van der Waals surface area contributed by atoms with Crippen molar-refractivity contribution >= 4 is 11.6 Å². The average molecular weight is 248 g/mol. The minimum absolute atomic E-state index is 0.000749. The van der Waals surface area contributed by atoms with E-state index in [1.165, 1.54) is 5.56 Å². The molecule has 0 radical (unpaired) electrons. The van der Waals surface area contributed by atoms with Crippen molar-refractivity contribution in [1.29, 1.82) is 0 Å². The van der Waals surface area contributed by atoms with Crippen molar-refractivity contribution in [2.75, 3.05) is 5.32 Å². The summed E-state index contributed by atoms with van der Waals surface area (Å²) in [6, 6.07) is 7.99. The molecule has 0 saturated carbocycles. The summed E-state index contributed by atoms with van der Waals surface area (Å²) in [5.74, 6) is -0.000749. The Morgan fingerprint density at radius 1 is 1.22 bits per heavy atom. The van der Waals surface area contributed by atoms with Gasteiger partial charge in [0.05, 0.1) is 0 Å². The van der Waals surface area contributed by atoms with Crippen LogP contribution in [0.3, 0.4) is 0 Å². The maximum absolute atomic E-state index is 11.7. The molecule has 0 aliphatic carbocycles. The maximum Gasteiger partial charge on any atom is 0.225 e. The fraction of sp³-hybridized carbons (Fsp3) is 0.533. The predicted octanol–water partition coefficient (Wildman–Crippen LogP) is 3.10. The van der Waals surface area contributed by atoms with E-state index in [9.17, 15) is 4.79 Å². The minimum Gasteiger partial charge on any atom is -0.327 e. The topological polar surface area (TPSA) is 55.1 Å². The van der Waals surface area contributed by atoms with Crippen molar-refractivity contribution in [3.63, 3.8) is 0 Å². The van der Waals surface area contributed by atoms with Gasteiger partial charge in [0.1, 0.15) is 0 Å². The molecule has 1 amide bonds. The number of carbonyl (C=O) groups is 1. The standard InChI is InChI=1S/C15H24N2O/c1-3-5-12-7-9-14(10-8-12)17-15(18)11-13(16)6-4-2/h7-10,13H,3-6,11,16H2,1-2H3,(H,17,18). The van der Waals surface area contributed by atoms with Crippen molar-refractivity contribution < 1.29 is 4.79 Å². The summed E-state index contributed by atoms with van der Waals surface area (Å²) in [5, 5.41) is 2.88. The second-order valence-electron chi connectivity index (χ2n) is 4.75. The van der Waals surface area contributed by atoms with E-state index in [1.54, 1.807) is 0 Å². The van der Waals surface area contributed by atoms with Crippen LogP contribution in [0.5, 0.6) is 0 Å². The molecule has 0 aliphatic rings. The number of amides is 1. The van der Waals surface area contributed by atoms with Gasteiger partial charge in [-0.3, -0.25) is 4.79 Å². The van der Waals surface area contributed by atoms with E-state index in [2.05, 4.69) is 31.3 Å². The Bertz CT molecular complexity index is 359. The molecule has 0 aliphatic heterocycles. The number of aryl methyl sites for hydroxylation is 1. The van der Waals surface area contributed by atoms with E-state index in [1.807, 2.05) is 12.1 Å². The van der Waals surface area contributed by atoms with Gasteiger partial charge in [-0.25, -0.2) is 0 Å². The van der Waals surface area contributed by atoms with E-state index in [0.717, 1.165) is 31.4 Å². The zero-order chi connectivity index (χ0) is 13.4. The normalized spacial score (nSPS) is 12.2. The third kappa shape index (κ3) is 5.32. The van der Waals surface area contributed by atoms with Crippen LogP contribution in [0, 0.1) is 0 Å². The number of anilines is 1. The molecule has 1 aromatic carbocycles. The number of benzene rings is 1. The number of carbonyl (C=O) groups excluding carboxylic acids is 1. The summed E-state index contributed by atoms with van der Waals surface area (Å²) in [6.07, 6.45) is 4.51. The van der Waals surface area contributed by atoms with E-state index >= 15 is 0 Å². The summed E-state index contributed by atoms with van der Waals surface area (Å²) in [4.78, 5) is 11.7. The molecule has 1 unspecified atom stereocenters. The lowest BCUT2D eigenvalue weighted by molar-refractivity contribution is -0.116. The third-order valence-electron chi connectivity index (χ3n) is 2.88. The first-order valence-corrected chi connectivity index (χ1v) is 6.80. The van der Waals surface area contributed by atoms with E-state index < -0.39 is 0 Å². The van der Waals surface area contributed by atoms with Crippen molar-refractivity contribution in [2.24, 2.45) is 5.73 Å². The summed E-state index contributed by atoms with van der Waals surface area (Å²) in [5.41, 5.74) is 8.00. The van der Waals surface area contributed by atoms with Crippen LogP contribution in [0.4, 0.5) is 5.69 Å². The maximum atomic E-state index is 11.7. The van der Waals surface area contributed by atoms with Crippen LogP contribution in [0.25, 0.3) is 0 Å². The van der Waals surface area contributed by atoms with Crippen LogP contribution in [-0.4, -0.2) is 11.9 Å². The highest BCUT2D eigenvalue weighted by Gasteiger charge is 2.08. The lowest BCUT2D eigenvalue weighted by Crippen LogP contribution is -2.26. The van der Waals surface area contributed by atoms with Crippen LogP contribution in [0.15, 0.2) is 24.3 Å². The zero-order valence-corrected chi connectivity index (χ0v) is 11.4. The van der Waals surface area contributed by atoms with Gasteiger partial charge in [0.15, 0.2) is 0 Å². The van der Waals surface area contributed by atoms with Gasteiger partial charge < -0.3 is 11.1 Å². The minimum atomic E-state index is -0.0330. The lowest BCUT2D eigenvalue weighted by atomic mass is 10.1. The van der Waals surface area contributed by atoms with E-state index in [4.69, 9.17) is 5.73 Å². The molecular formula is C15H24N2O. The number of hydrogen-bond acceptors (Lipinski definition) is 2. The molecule has 1 atom stereocenters. The largest absolute Gasteiger partial charge is 0.327 e. The SMILES string of the molecule is CCCc1ccc(NC(=O)CC(N)CCC)cc1. The monoisotopic (exact) mass is 248 g/mol. The molecule has 0 aromatic heterocycles. The molecular weight excluding hydrogens is 224 g/mol. The Kier molecular flexibility index (Phi) is 6.44. The number of hydrogen-bond donors (Lipinski definition) is 2. The van der Waals surface area contributed by atoms with Gasteiger partial charge in [-0.2, -0.15) is 0 Å². The molecule has 100 valence electrons. The summed E-state index contributed by atoms with van der Waals surface area (Å²) >= 11 is 0. The molecule has 1 rings (SSSR count). The van der Waals surface area contributed by atoms with Crippen LogP contribution >= 0.6 is 0 Å². The zero-order valence-electron chi connectivity index (χ0n) is 11.4. The van der Waals surface area contributed by atoms with Crippen LogP contribution in [0.1, 0.15) is 45.1 Å². The molecule has 0 heterocycles. The summed E-state index contributed by atoms with van der Waals surface area (Å²) in [6.45, 7) is 4.23. The smallest absolute Gasteiger partial charge is 0.225 e. The lowest BCUT2D eigenvalue weighted by Gasteiger charge is -2.10. The van der Waals surface area contributed by atoms with Gasteiger partial charge in [0.25, 0.3) is 0 Å². The second-order valence-corrected chi connectivity index (χ2v) is 4.75. The fourth-order valence-electron chi connectivity index (χ4n) is 1.97. The van der Waals surface area contributed by atoms with Gasteiger partial charge in [-0.1, -0.05) is 38.8 Å². The quantitative estimate of drug-likeness (QED) is 0.779. The van der Waals surface area contributed by atoms with Crippen LogP contribution in [0.2, 0.25) is 0 Å². The Morgan fingerprint density at radius 3 is 2.44 bits per heavy atom. The average Bonchev–Trinajstić information content (AvgIpc) is 2.32. The number of nitrogens with two attached hydrogens (primary N) is 1. The first kappa shape index (κ1) is 14.7. The molecule has 0 bridgehead atoms. The molecule has 3 heteroatoms. The van der Waals surface area contributed by atoms with Gasteiger partial charge in [0, 0.05) is 18.2 Å². The fourth-order valence-corrected chi connectivity index (χ4v) is 1.97. The van der Waals surface area contributed by atoms with Gasteiger partial charge in [0.2, 0.25) is 5.91 Å². The Labute approximate surface area is 110 Å². The first-order chi connectivity index (χ1) is 8.65. The summed E-state index contributed by atoms with van der Waals surface area (Å²) < 4.78 is 0. The Morgan fingerprint density at radius 2 is 1.89 bits per heavy atom. The van der Waals surface area contributed by atoms with Gasteiger partial charge >= 0.3 is 0 Å². The molecule has 0 saturated heterocycles. The van der Waals surface area contributed by atoms with E-state index in [0.29, 0.717) is 6.42 Å².